The molecule has 0 aromatic carbocycles. The maximum atomic E-state index is 5.38. The fourth-order valence-electron chi connectivity index (χ4n) is 2.70. The van der Waals surface area contributed by atoms with Crippen LogP contribution in [0.25, 0.3) is 0 Å². The van der Waals surface area contributed by atoms with E-state index < -0.39 is 0 Å². The molecule has 0 radical (unpaired) electrons. The molecular formula is C15H27N3O. The normalized spacial score (nSPS) is 21.8. The fraction of sp³-hybridized carbons (Fsp3) is 0.867. The van der Waals surface area contributed by atoms with Crippen molar-refractivity contribution in [1.82, 2.24) is 15.5 Å². The van der Waals surface area contributed by atoms with Gasteiger partial charge in [-0.05, 0) is 50.1 Å². The lowest BCUT2D eigenvalue weighted by Crippen LogP contribution is -2.33. The second-order valence-corrected chi connectivity index (χ2v) is 6.32. The van der Waals surface area contributed by atoms with E-state index in [9.17, 15) is 0 Å². The van der Waals surface area contributed by atoms with E-state index in [1.807, 2.05) is 0 Å². The number of hydrogen-bond acceptors (Lipinski definition) is 4. The SMILES string of the molecule is CC(C)CCc1noc(CC(C)C2CCCNC2)n1. The third kappa shape index (κ3) is 4.60. The number of piperidine rings is 1. The minimum absolute atomic E-state index is 0.617. The van der Waals surface area contributed by atoms with Gasteiger partial charge in [0.2, 0.25) is 5.89 Å². The number of nitrogens with one attached hydrogen (secondary N) is 1. The predicted octanol–water partition coefficient (Wildman–Crippen LogP) is 2.84. The van der Waals surface area contributed by atoms with Crippen LogP contribution in [0.15, 0.2) is 4.52 Å². The Morgan fingerprint density at radius 2 is 2.21 bits per heavy atom. The topological polar surface area (TPSA) is 51.0 Å². The van der Waals surface area contributed by atoms with E-state index in [0.29, 0.717) is 11.8 Å². The lowest BCUT2D eigenvalue weighted by Gasteiger charge is -2.27. The highest BCUT2D eigenvalue weighted by molar-refractivity contribution is 4.89. The van der Waals surface area contributed by atoms with Gasteiger partial charge in [-0.15, -0.1) is 0 Å². The largest absolute Gasteiger partial charge is 0.339 e. The van der Waals surface area contributed by atoms with Crippen LogP contribution in [0.4, 0.5) is 0 Å². The quantitative estimate of drug-likeness (QED) is 0.859. The molecule has 0 aliphatic carbocycles. The van der Waals surface area contributed by atoms with Crippen molar-refractivity contribution in [3.05, 3.63) is 11.7 Å². The van der Waals surface area contributed by atoms with Crippen LogP contribution in [0, 0.1) is 17.8 Å². The van der Waals surface area contributed by atoms with Gasteiger partial charge in [0.15, 0.2) is 5.82 Å². The molecule has 1 aliphatic heterocycles. The first-order chi connectivity index (χ1) is 9.15. The average molecular weight is 265 g/mol. The van der Waals surface area contributed by atoms with Crippen molar-refractivity contribution in [1.29, 1.82) is 0 Å². The number of aryl methyl sites for hydroxylation is 1. The van der Waals surface area contributed by atoms with Crippen molar-refractivity contribution in [2.75, 3.05) is 13.1 Å². The molecule has 2 atom stereocenters. The van der Waals surface area contributed by atoms with E-state index in [-0.39, 0.29) is 0 Å². The molecular weight excluding hydrogens is 238 g/mol. The van der Waals surface area contributed by atoms with Gasteiger partial charge < -0.3 is 9.84 Å². The molecule has 4 heteroatoms. The summed E-state index contributed by atoms with van der Waals surface area (Å²) in [6, 6.07) is 0. The molecule has 1 aliphatic rings. The lowest BCUT2D eigenvalue weighted by atomic mass is 9.85. The van der Waals surface area contributed by atoms with Gasteiger partial charge in [0.05, 0.1) is 0 Å². The van der Waals surface area contributed by atoms with Crippen LogP contribution in [0.3, 0.4) is 0 Å². The van der Waals surface area contributed by atoms with Crippen LogP contribution in [-0.2, 0) is 12.8 Å². The van der Waals surface area contributed by atoms with Crippen LogP contribution >= 0.6 is 0 Å². The molecule has 2 unspecified atom stereocenters. The molecule has 0 spiro atoms. The Morgan fingerprint density at radius 3 is 2.89 bits per heavy atom. The summed E-state index contributed by atoms with van der Waals surface area (Å²) in [6.45, 7) is 9.05. The summed E-state index contributed by atoms with van der Waals surface area (Å²) in [4.78, 5) is 4.52. The van der Waals surface area contributed by atoms with Gasteiger partial charge >= 0.3 is 0 Å². The highest BCUT2D eigenvalue weighted by atomic mass is 16.5. The van der Waals surface area contributed by atoms with E-state index in [0.717, 1.165) is 43.4 Å². The Hall–Kier alpha value is -0.900. The second-order valence-electron chi connectivity index (χ2n) is 6.32. The Bertz CT molecular complexity index is 369. The standard InChI is InChI=1S/C15H27N3O/c1-11(2)6-7-14-17-15(19-18-14)9-12(3)13-5-4-8-16-10-13/h11-13,16H,4-10H2,1-3H3. The molecule has 4 nitrogen and oxygen atoms in total. The average Bonchev–Trinajstić information content (AvgIpc) is 2.85. The van der Waals surface area contributed by atoms with Gasteiger partial charge in [0.1, 0.15) is 0 Å². The van der Waals surface area contributed by atoms with Gasteiger partial charge in [-0.1, -0.05) is 25.9 Å². The number of aromatic nitrogens is 2. The summed E-state index contributed by atoms with van der Waals surface area (Å²) in [7, 11) is 0. The number of rotatable bonds is 6. The Kier molecular flexibility index (Phi) is 5.37. The van der Waals surface area contributed by atoms with Crippen molar-refractivity contribution in [3.63, 3.8) is 0 Å². The third-order valence-electron chi connectivity index (χ3n) is 4.09. The van der Waals surface area contributed by atoms with Crippen molar-refractivity contribution in [2.45, 2.75) is 52.9 Å². The van der Waals surface area contributed by atoms with Crippen molar-refractivity contribution < 1.29 is 4.52 Å². The first-order valence-electron chi connectivity index (χ1n) is 7.67. The number of hydrogen-bond donors (Lipinski definition) is 1. The first kappa shape index (κ1) is 14.5. The molecule has 2 heterocycles. The number of nitrogens with zero attached hydrogens (tertiary/aromatic N) is 2. The Morgan fingerprint density at radius 1 is 1.37 bits per heavy atom. The van der Waals surface area contributed by atoms with E-state index in [1.165, 1.54) is 19.4 Å². The highest BCUT2D eigenvalue weighted by Crippen LogP contribution is 2.22. The third-order valence-corrected chi connectivity index (χ3v) is 4.09. The van der Waals surface area contributed by atoms with E-state index >= 15 is 0 Å². The molecule has 1 aromatic rings. The second kappa shape index (κ2) is 7.04. The maximum absolute atomic E-state index is 5.38. The van der Waals surface area contributed by atoms with Gasteiger partial charge in [-0.25, -0.2) is 0 Å². The lowest BCUT2D eigenvalue weighted by molar-refractivity contribution is 0.256. The van der Waals surface area contributed by atoms with Gasteiger partial charge in [0, 0.05) is 12.8 Å². The summed E-state index contributed by atoms with van der Waals surface area (Å²) in [5.41, 5.74) is 0. The zero-order valence-electron chi connectivity index (χ0n) is 12.5. The summed E-state index contributed by atoms with van der Waals surface area (Å²) in [5, 5.41) is 7.56. The van der Waals surface area contributed by atoms with Gasteiger partial charge in [0.25, 0.3) is 0 Å². The molecule has 1 fully saturated rings. The molecule has 0 bridgehead atoms. The van der Waals surface area contributed by atoms with E-state index in [2.05, 4.69) is 36.2 Å². The Labute approximate surface area is 116 Å². The molecule has 1 N–H and O–H groups in total. The molecule has 0 amide bonds. The summed E-state index contributed by atoms with van der Waals surface area (Å²) in [6.07, 6.45) is 5.59. The van der Waals surface area contributed by atoms with Crippen LogP contribution in [0.2, 0.25) is 0 Å². The monoisotopic (exact) mass is 265 g/mol. The highest BCUT2D eigenvalue weighted by Gasteiger charge is 2.22. The van der Waals surface area contributed by atoms with Crippen LogP contribution < -0.4 is 5.32 Å². The molecule has 19 heavy (non-hydrogen) atoms. The van der Waals surface area contributed by atoms with Crippen molar-refractivity contribution >= 4 is 0 Å². The molecule has 2 rings (SSSR count). The Balaban J connectivity index is 1.81. The van der Waals surface area contributed by atoms with Gasteiger partial charge in [-0.3, -0.25) is 0 Å². The fourth-order valence-corrected chi connectivity index (χ4v) is 2.70. The molecule has 108 valence electrons. The molecule has 0 saturated carbocycles. The summed E-state index contributed by atoms with van der Waals surface area (Å²) in [5.74, 6) is 3.75. The van der Waals surface area contributed by atoms with Crippen molar-refractivity contribution in [3.8, 4) is 0 Å². The first-order valence-corrected chi connectivity index (χ1v) is 7.67. The van der Waals surface area contributed by atoms with Crippen LogP contribution in [-0.4, -0.2) is 23.2 Å². The molecule has 1 saturated heterocycles. The summed E-state index contributed by atoms with van der Waals surface area (Å²) >= 11 is 0. The minimum atomic E-state index is 0.617. The van der Waals surface area contributed by atoms with Crippen molar-refractivity contribution in [2.24, 2.45) is 17.8 Å². The zero-order chi connectivity index (χ0) is 13.7. The van der Waals surface area contributed by atoms with Crippen LogP contribution in [0.1, 0.15) is 51.7 Å². The van der Waals surface area contributed by atoms with Crippen LogP contribution in [0.5, 0.6) is 0 Å². The maximum Gasteiger partial charge on any atom is 0.226 e. The van der Waals surface area contributed by atoms with E-state index in [1.54, 1.807) is 0 Å². The zero-order valence-corrected chi connectivity index (χ0v) is 12.5. The van der Waals surface area contributed by atoms with Gasteiger partial charge in [-0.2, -0.15) is 4.98 Å². The smallest absolute Gasteiger partial charge is 0.226 e. The molecule has 1 aromatic heterocycles. The summed E-state index contributed by atoms with van der Waals surface area (Å²) < 4.78 is 5.38. The predicted molar refractivity (Wildman–Crippen MR) is 75.9 cm³/mol. The minimum Gasteiger partial charge on any atom is -0.339 e. The van der Waals surface area contributed by atoms with E-state index in [4.69, 9.17) is 4.52 Å².